The average molecular weight is 471 g/mol. The summed E-state index contributed by atoms with van der Waals surface area (Å²) in [7, 11) is 1.93. The zero-order valence-corrected chi connectivity index (χ0v) is 15.3. The van der Waals surface area contributed by atoms with E-state index < -0.39 is 0 Å². The van der Waals surface area contributed by atoms with Crippen LogP contribution in [0.25, 0.3) is 0 Å². The highest BCUT2D eigenvalue weighted by molar-refractivity contribution is 14.1. The fourth-order valence-corrected chi connectivity index (χ4v) is 3.26. The molecule has 1 nitrogen and oxygen atoms in total. The molecule has 2 rings (SSSR count). The molecule has 2 aromatic carbocycles. The van der Waals surface area contributed by atoms with Crippen molar-refractivity contribution in [2.45, 2.75) is 6.04 Å². The molecule has 1 N–H and O–H groups in total. The largest absolute Gasteiger partial charge is 0.309 e. The highest BCUT2D eigenvalue weighted by atomic mass is 127. The van der Waals surface area contributed by atoms with Crippen LogP contribution < -0.4 is 5.32 Å². The van der Waals surface area contributed by atoms with Gasteiger partial charge < -0.3 is 5.32 Å². The number of halogens is 4. The summed E-state index contributed by atoms with van der Waals surface area (Å²) in [5, 5.41) is 4.47. The Bertz CT molecular complexity index is 604. The molecule has 0 aliphatic heterocycles. The monoisotopic (exact) mass is 469 g/mol. The maximum absolute atomic E-state index is 6.10. The van der Waals surface area contributed by atoms with Crippen LogP contribution in [0.2, 0.25) is 10.0 Å². The van der Waals surface area contributed by atoms with Crippen LogP contribution in [0.1, 0.15) is 17.2 Å². The lowest BCUT2D eigenvalue weighted by atomic mass is 9.99. The van der Waals surface area contributed by atoms with Gasteiger partial charge in [0.25, 0.3) is 0 Å². The van der Waals surface area contributed by atoms with Gasteiger partial charge in [0, 0.05) is 8.04 Å². The first-order valence-electron chi connectivity index (χ1n) is 5.60. The minimum Gasteiger partial charge on any atom is -0.309 e. The summed E-state index contributed by atoms with van der Waals surface area (Å²) in [4.78, 5) is 0. The summed E-state index contributed by atoms with van der Waals surface area (Å²) in [6.45, 7) is 0. The second kappa shape index (κ2) is 6.76. The Kier molecular flexibility index (Phi) is 5.55. The molecule has 0 fully saturated rings. The second-order valence-electron chi connectivity index (χ2n) is 4.06. The molecule has 0 aliphatic carbocycles. The predicted octanol–water partition coefficient (Wildman–Crippen LogP) is 5.67. The van der Waals surface area contributed by atoms with E-state index in [1.165, 1.54) is 9.13 Å². The van der Waals surface area contributed by atoms with Crippen LogP contribution in [0.3, 0.4) is 0 Å². The number of rotatable bonds is 3. The lowest BCUT2D eigenvalue weighted by Crippen LogP contribution is -2.18. The summed E-state index contributed by atoms with van der Waals surface area (Å²) in [5.41, 5.74) is 2.30. The molecular formula is C14H11BrCl2IN. The van der Waals surface area contributed by atoms with Gasteiger partial charge in [0.2, 0.25) is 0 Å². The van der Waals surface area contributed by atoms with E-state index in [4.69, 9.17) is 23.2 Å². The van der Waals surface area contributed by atoms with E-state index in [9.17, 15) is 0 Å². The van der Waals surface area contributed by atoms with Gasteiger partial charge in [0.15, 0.2) is 0 Å². The maximum Gasteiger partial charge on any atom is 0.0595 e. The Morgan fingerprint density at radius 1 is 1.11 bits per heavy atom. The Morgan fingerprint density at radius 2 is 1.84 bits per heavy atom. The van der Waals surface area contributed by atoms with E-state index in [-0.39, 0.29) is 6.04 Å². The first kappa shape index (κ1) is 15.6. The molecule has 5 heteroatoms. The minimum absolute atomic E-state index is 0.0826. The van der Waals surface area contributed by atoms with Crippen molar-refractivity contribution in [3.05, 3.63) is 65.6 Å². The normalized spacial score (nSPS) is 12.5. The molecule has 2 aromatic rings. The van der Waals surface area contributed by atoms with E-state index in [0.717, 1.165) is 10.0 Å². The lowest BCUT2D eigenvalue weighted by Gasteiger charge is -2.19. The zero-order chi connectivity index (χ0) is 14.0. The molecule has 19 heavy (non-hydrogen) atoms. The van der Waals surface area contributed by atoms with Crippen molar-refractivity contribution in [3.63, 3.8) is 0 Å². The number of benzene rings is 2. The van der Waals surface area contributed by atoms with Crippen molar-refractivity contribution in [2.24, 2.45) is 0 Å². The summed E-state index contributed by atoms with van der Waals surface area (Å²) in [6.07, 6.45) is 0. The summed E-state index contributed by atoms with van der Waals surface area (Å²) in [6, 6.07) is 12.0. The van der Waals surface area contributed by atoms with Gasteiger partial charge >= 0.3 is 0 Å². The molecule has 0 heterocycles. The van der Waals surface area contributed by atoms with Gasteiger partial charge in [0.05, 0.1) is 16.1 Å². The Morgan fingerprint density at radius 3 is 2.47 bits per heavy atom. The standard InChI is InChI=1S/C14H11BrCl2IN/c1-19-14(8-2-4-11(16)12(17)6-8)10-7-9(15)3-5-13(10)18/h2-7,14,19H,1H3. The quantitative estimate of drug-likeness (QED) is 0.570. The molecule has 0 amide bonds. The zero-order valence-electron chi connectivity index (χ0n) is 10.1. The van der Waals surface area contributed by atoms with Crippen LogP contribution in [-0.2, 0) is 0 Å². The van der Waals surface area contributed by atoms with Crippen molar-refractivity contribution in [3.8, 4) is 0 Å². The molecule has 1 atom stereocenters. The van der Waals surface area contributed by atoms with Crippen molar-refractivity contribution < 1.29 is 0 Å². The Hall–Kier alpha value is 0.190. The van der Waals surface area contributed by atoms with Crippen LogP contribution in [0, 0.1) is 3.57 Å². The number of hydrogen-bond acceptors (Lipinski definition) is 1. The van der Waals surface area contributed by atoms with E-state index in [2.05, 4.69) is 56.0 Å². The van der Waals surface area contributed by atoms with E-state index in [0.29, 0.717) is 10.0 Å². The molecule has 0 spiro atoms. The Labute approximate surface area is 145 Å². The molecular weight excluding hydrogens is 460 g/mol. The molecule has 0 radical (unpaired) electrons. The van der Waals surface area contributed by atoms with Gasteiger partial charge in [-0.15, -0.1) is 0 Å². The number of hydrogen-bond donors (Lipinski definition) is 1. The average Bonchev–Trinajstić information content (AvgIpc) is 2.38. The SMILES string of the molecule is CNC(c1ccc(Cl)c(Cl)c1)c1cc(Br)ccc1I. The van der Waals surface area contributed by atoms with Crippen LogP contribution >= 0.6 is 61.7 Å². The van der Waals surface area contributed by atoms with Crippen LogP contribution in [0.4, 0.5) is 0 Å². The van der Waals surface area contributed by atoms with Crippen LogP contribution in [0.15, 0.2) is 40.9 Å². The minimum atomic E-state index is 0.0826. The van der Waals surface area contributed by atoms with Crippen LogP contribution in [0.5, 0.6) is 0 Å². The van der Waals surface area contributed by atoms with Gasteiger partial charge in [-0.2, -0.15) is 0 Å². The van der Waals surface area contributed by atoms with Gasteiger partial charge in [-0.3, -0.25) is 0 Å². The van der Waals surface area contributed by atoms with Gasteiger partial charge in [-0.05, 0) is 71.1 Å². The fourth-order valence-electron chi connectivity index (χ4n) is 1.93. The summed E-state index contributed by atoms with van der Waals surface area (Å²) >= 11 is 17.9. The van der Waals surface area contributed by atoms with E-state index >= 15 is 0 Å². The fraction of sp³-hybridized carbons (Fsp3) is 0.143. The van der Waals surface area contributed by atoms with Crippen molar-refractivity contribution >= 4 is 61.7 Å². The molecule has 100 valence electrons. The molecule has 0 aliphatic rings. The summed E-state index contributed by atoms with van der Waals surface area (Å²) in [5.74, 6) is 0. The van der Waals surface area contributed by atoms with Crippen molar-refractivity contribution in [2.75, 3.05) is 7.05 Å². The first-order valence-corrected chi connectivity index (χ1v) is 8.23. The molecule has 0 aromatic heterocycles. The third-order valence-electron chi connectivity index (χ3n) is 2.83. The first-order chi connectivity index (χ1) is 9.02. The lowest BCUT2D eigenvalue weighted by molar-refractivity contribution is 0.688. The van der Waals surface area contributed by atoms with E-state index in [1.807, 2.05) is 31.3 Å². The van der Waals surface area contributed by atoms with Gasteiger partial charge in [0.1, 0.15) is 0 Å². The van der Waals surface area contributed by atoms with Gasteiger partial charge in [-0.1, -0.05) is 45.2 Å². The van der Waals surface area contributed by atoms with Crippen LogP contribution in [-0.4, -0.2) is 7.05 Å². The molecule has 0 saturated heterocycles. The second-order valence-corrected chi connectivity index (χ2v) is 6.95. The maximum atomic E-state index is 6.10. The molecule has 1 unspecified atom stereocenters. The smallest absolute Gasteiger partial charge is 0.0595 e. The third-order valence-corrected chi connectivity index (χ3v) is 5.05. The molecule has 0 bridgehead atoms. The van der Waals surface area contributed by atoms with E-state index in [1.54, 1.807) is 0 Å². The highest BCUT2D eigenvalue weighted by Crippen LogP contribution is 2.32. The number of nitrogens with one attached hydrogen (secondary N) is 1. The summed E-state index contributed by atoms with van der Waals surface area (Å²) < 4.78 is 2.26. The highest BCUT2D eigenvalue weighted by Gasteiger charge is 2.16. The third kappa shape index (κ3) is 3.64. The topological polar surface area (TPSA) is 12.0 Å². The van der Waals surface area contributed by atoms with Crippen molar-refractivity contribution in [1.29, 1.82) is 0 Å². The van der Waals surface area contributed by atoms with Crippen molar-refractivity contribution in [1.82, 2.24) is 5.32 Å². The van der Waals surface area contributed by atoms with Gasteiger partial charge in [-0.25, -0.2) is 0 Å². The predicted molar refractivity (Wildman–Crippen MR) is 94.2 cm³/mol. The molecule has 0 saturated carbocycles. The Balaban J connectivity index is 2.49.